The molecule has 0 atom stereocenters. The monoisotopic (exact) mass is 326 g/mol. The second-order valence-electron chi connectivity index (χ2n) is 5.68. The van der Waals surface area contributed by atoms with Crippen LogP contribution in [0, 0.1) is 13.8 Å². The number of hydrogen-bond acceptors (Lipinski definition) is 3. The minimum Gasteiger partial charge on any atom is -0.392 e. The molecule has 2 aromatic carbocycles. The Balaban J connectivity index is 1.83. The van der Waals surface area contributed by atoms with Gasteiger partial charge in [0, 0.05) is 12.2 Å². The lowest BCUT2D eigenvalue weighted by Crippen LogP contribution is -2.36. The molecule has 0 radical (unpaired) electrons. The van der Waals surface area contributed by atoms with Crippen molar-refractivity contribution in [2.24, 2.45) is 0 Å². The van der Waals surface area contributed by atoms with Crippen molar-refractivity contribution in [1.82, 2.24) is 5.32 Å². The summed E-state index contributed by atoms with van der Waals surface area (Å²) in [5.41, 5.74) is 4.52. The van der Waals surface area contributed by atoms with E-state index in [1.54, 1.807) is 6.07 Å². The summed E-state index contributed by atoms with van der Waals surface area (Å²) in [6.07, 6.45) is 0.619. The molecule has 2 rings (SSSR count). The fraction of sp³-hybridized carbons (Fsp3) is 0.263. The van der Waals surface area contributed by atoms with E-state index in [0.29, 0.717) is 18.7 Å². The smallest absolute Gasteiger partial charge is 0.313 e. The molecular weight excluding hydrogens is 304 g/mol. The minimum absolute atomic E-state index is 0.00949. The van der Waals surface area contributed by atoms with Crippen molar-refractivity contribution < 1.29 is 14.7 Å². The Morgan fingerprint density at radius 3 is 2.29 bits per heavy atom. The summed E-state index contributed by atoms with van der Waals surface area (Å²) in [6.45, 7) is 4.24. The first-order valence-electron chi connectivity index (χ1n) is 7.85. The van der Waals surface area contributed by atoms with Gasteiger partial charge in [-0.2, -0.15) is 0 Å². The third-order valence-electron chi connectivity index (χ3n) is 3.96. The topological polar surface area (TPSA) is 78.4 Å². The Kier molecular flexibility index (Phi) is 6.09. The van der Waals surface area contributed by atoms with Gasteiger partial charge >= 0.3 is 11.8 Å². The van der Waals surface area contributed by atoms with Gasteiger partial charge in [0.1, 0.15) is 0 Å². The summed E-state index contributed by atoms with van der Waals surface area (Å²) in [7, 11) is 0. The predicted molar refractivity (Wildman–Crippen MR) is 93.6 cm³/mol. The van der Waals surface area contributed by atoms with Gasteiger partial charge < -0.3 is 15.7 Å². The van der Waals surface area contributed by atoms with Gasteiger partial charge in [-0.05, 0) is 48.6 Å². The molecule has 0 saturated heterocycles. The van der Waals surface area contributed by atoms with E-state index in [0.717, 1.165) is 22.3 Å². The van der Waals surface area contributed by atoms with Crippen molar-refractivity contribution in [3.8, 4) is 0 Å². The maximum atomic E-state index is 12.0. The number of amides is 2. The SMILES string of the molecule is Cc1cccc(NC(=O)C(=O)NCCc2ccc(CO)cc2)c1C. The second kappa shape index (κ2) is 8.26. The molecule has 0 aliphatic carbocycles. The number of anilines is 1. The zero-order valence-corrected chi connectivity index (χ0v) is 13.9. The molecule has 0 saturated carbocycles. The van der Waals surface area contributed by atoms with Crippen molar-refractivity contribution >= 4 is 17.5 Å². The number of carbonyl (C=O) groups excluding carboxylic acids is 2. The number of carbonyl (C=O) groups is 2. The highest BCUT2D eigenvalue weighted by Crippen LogP contribution is 2.17. The first kappa shape index (κ1) is 17.7. The summed E-state index contributed by atoms with van der Waals surface area (Å²) in [4.78, 5) is 23.8. The van der Waals surface area contributed by atoms with Crippen LogP contribution in [0.5, 0.6) is 0 Å². The third kappa shape index (κ3) is 4.67. The Morgan fingerprint density at radius 1 is 0.958 bits per heavy atom. The number of hydrogen-bond donors (Lipinski definition) is 3. The fourth-order valence-electron chi connectivity index (χ4n) is 2.28. The first-order valence-corrected chi connectivity index (χ1v) is 7.85. The van der Waals surface area contributed by atoms with Crippen LogP contribution >= 0.6 is 0 Å². The molecule has 5 heteroatoms. The number of nitrogens with one attached hydrogen (secondary N) is 2. The van der Waals surface area contributed by atoms with Gasteiger partial charge in [-0.25, -0.2) is 0 Å². The van der Waals surface area contributed by atoms with Gasteiger partial charge in [0.15, 0.2) is 0 Å². The average molecular weight is 326 g/mol. The zero-order valence-electron chi connectivity index (χ0n) is 13.9. The van der Waals surface area contributed by atoms with E-state index in [-0.39, 0.29) is 6.61 Å². The maximum absolute atomic E-state index is 12.0. The Labute approximate surface area is 141 Å². The van der Waals surface area contributed by atoms with Crippen molar-refractivity contribution in [2.45, 2.75) is 26.9 Å². The zero-order chi connectivity index (χ0) is 17.5. The predicted octanol–water partition coefficient (Wildman–Crippen LogP) is 2.09. The highest BCUT2D eigenvalue weighted by atomic mass is 16.3. The molecule has 5 nitrogen and oxygen atoms in total. The van der Waals surface area contributed by atoms with Gasteiger partial charge in [0.25, 0.3) is 0 Å². The number of rotatable bonds is 5. The van der Waals surface area contributed by atoms with Crippen LogP contribution < -0.4 is 10.6 Å². The van der Waals surface area contributed by atoms with E-state index in [9.17, 15) is 9.59 Å². The molecular formula is C19H22N2O3. The van der Waals surface area contributed by atoms with Gasteiger partial charge in [0.05, 0.1) is 6.61 Å². The molecule has 0 unspecified atom stereocenters. The molecule has 3 N–H and O–H groups in total. The van der Waals surface area contributed by atoms with Gasteiger partial charge in [-0.1, -0.05) is 36.4 Å². The van der Waals surface area contributed by atoms with Crippen LogP contribution in [0.15, 0.2) is 42.5 Å². The van der Waals surface area contributed by atoms with E-state index in [2.05, 4.69) is 10.6 Å². The molecule has 2 amide bonds. The van der Waals surface area contributed by atoms with Gasteiger partial charge in [-0.3, -0.25) is 9.59 Å². The standard InChI is InChI=1S/C19H22N2O3/c1-13-4-3-5-17(14(13)2)21-19(24)18(23)20-11-10-15-6-8-16(12-22)9-7-15/h3-9,22H,10-12H2,1-2H3,(H,20,23)(H,21,24). The van der Waals surface area contributed by atoms with E-state index in [1.165, 1.54) is 0 Å². The number of benzene rings is 2. The normalized spacial score (nSPS) is 10.3. The molecule has 0 aliphatic rings. The fourth-order valence-corrected chi connectivity index (χ4v) is 2.28. The highest BCUT2D eigenvalue weighted by molar-refractivity contribution is 6.39. The molecule has 126 valence electrons. The van der Waals surface area contributed by atoms with Crippen LogP contribution in [-0.2, 0) is 22.6 Å². The largest absolute Gasteiger partial charge is 0.392 e. The van der Waals surface area contributed by atoms with E-state index >= 15 is 0 Å². The molecule has 24 heavy (non-hydrogen) atoms. The van der Waals surface area contributed by atoms with Crippen molar-refractivity contribution in [3.05, 3.63) is 64.7 Å². The third-order valence-corrected chi connectivity index (χ3v) is 3.96. The summed E-state index contributed by atoms with van der Waals surface area (Å²) < 4.78 is 0. The van der Waals surface area contributed by atoms with Crippen LogP contribution in [0.25, 0.3) is 0 Å². The van der Waals surface area contributed by atoms with Crippen LogP contribution in [0.2, 0.25) is 0 Å². The van der Waals surface area contributed by atoms with Crippen molar-refractivity contribution in [2.75, 3.05) is 11.9 Å². The molecule has 0 heterocycles. The van der Waals surface area contributed by atoms with Gasteiger partial charge in [0.2, 0.25) is 0 Å². The molecule has 0 aliphatic heterocycles. The summed E-state index contributed by atoms with van der Waals surface area (Å²) in [5, 5.41) is 14.2. The molecule has 2 aromatic rings. The van der Waals surface area contributed by atoms with Crippen molar-refractivity contribution in [1.29, 1.82) is 0 Å². The molecule has 0 aromatic heterocycles. The maximum Gasteiger partial charge on any atom is 0.313 e. The van der Waals surface area contributed by atoms with E-state index in [4.69, 9.17) is 5.11 Å². The molecule has 0 bridgehead atoms. The Morgan fingerprint density at radius 2 is 1.62 bits per heavy atom. The number of aryl methyl sites for hydroxylation is 1. The van der Waals surface area contributed by atoms with Crippen LogP contribution in [0.4, 0.5) is 5.69 Å². The summed E-state index contributed by atoms with van der Waals surface area (Å²) in [6, 6.07) is 13.0. The Bertz CT molecular complexity index is 724. The van der Waals surface area contributed by atoms with Crippen molar-refractivity contribution in [3.63, 3.8) is 0 Å². The second-order valence-corrected chi connectivity index (χ2v) is 5.68. The minimum atomic E-state index is -0.667. The van der Waals surface area contributed by atoms with Crippen LogP contribution in [-0.4, -0.2) is 23.5 Å². The molecule has 0 spiro atoms. The quantitative estimate of drug-likeness (QED) is 0.736. The Hall–Kier alpha value is -2.66. The lowest BCUT2D eigenvalue weighted by atomic mass is 10.1. The van der Waals surface area contributed by atoms with Crippen LogP contribution in [0.1, 0.15) is 22.3 Å². The lowest BCUT2D eigenvalue weighted by molar-refractivity contribution is -0.136. The average Bonchev–Trinajstić information content (AvgIpc) is 2.59. The van der Waals surface area contributed by atoms with Crippen LogP contribution in [0.3, 0.4) is 0 Å². The summed E-state index contributed by atoms with van der Waals surface area (Å²) >= 11 is 0. The highest BCUT2D eigenvalue weighted by Gasteiger charge is 2.14. The van der Waals surface area contributed by atoms with E-state index < -0.39 is 11.8 Å². The lowest BCUT2D eigenvalue weighted by Gasteiger charge is -2.10. The van der Waals surface area contributed by atoms with Gasteiger partial charge in [-0.15, -0.1) is 0 Å². The first-order chi connectivity index (χ1) is 11.5. The van der Waals surface area contributed by atoms with E-state index in [1.807, 2.05) is 50.2 Å². The summed E-state index contributed by atoms with van der Waals surface area (Å²) in [5.74, 6) is -1.32. The molecule has 0 fully saturated rings. The number of aliphatic hydroxyl groups is 1. The number of aliphatic hydroxyl groups excluding tert-OH is 1.